The molecule has 0 bridgehead atoms. The van der Waals surface area contributed by atoms with Crippen LogP contribution in [-0.4, -0.2) is 34.6 Å². The van der Waals surface area contributed by atoms with E-state index in [2.05, 4.69) is 178 Å². The maximum absolute atomic E-state index is 4.19. The first-order chi connectivity index (χ1) is 35.5. The van der Waals surface area contributed by atoms with Gasteiger partial charge in [-0.25, -0.2) is 0 Å². The molecule has 0 aliphatic rings. The molecule has 6 nitrogen and oxygen atoms in total. The fourth-order valence-electron chi connectivity index (χ4n) is 9.25. The van der Waals surface area contributed by atoms with Gasteiger partial charge in [-0.05, 0) is 142 Å². The van der Waals surface area contributed by atoms with Crippen molar-refractivity contribution in [2.45, 2.75) is 117 Å². The van der Waals surface area contributed by atoms with Gasteiger partial charge in [0.15, 0.2) is 0 Å². The van der Waals surface area contributed by atoms with E-state index in [1.165, 1.54) is 127 Å². The molecule has 7 rings (SSSR count). The van der Waals surface area contributed by atoms with Gasteiger partial charge in [0.05, 0.1) is 0 Å². The quantitative estimate of drug-likeness (QED) is 0.0419. The highest BCUT2D eigenvalue weighted by atomic mass is 15.1. The van der Waals surface area contributed by atoms with Gasteiger partial charge in [0.2, 0.25) is 0 Å². The predicted octanol–water partition coefficient (Wildman–Crippen LogP) is 17.1. The van der Waals surface area contributed by atoms with Gasteiger partial charge in [0, 0.05) is 93.5 Å². The van der Waals surface area contributed by atoms with Crippen LogP contribution in [0.1, 0.15) is 148 Å². The van der Waals surface area contributed by atoms with Gasteiger partial charge in [-0.15, -0.1) is 0 Å². The summed E-state index contributed by atoms with van der Waals surface area (Å²) < 4.78 is 0. The maximum Gasteiger partial charge on any atom is 0.0429 e. The van der Waals surface area contributed by atoms with Crippen molar-refractivity contribution in [2.75, 3.05) is 34.3 Å². The number of unbranched alkanes of at least 4 members (excludes halogenated alkanes) is 9. The molecule has 0 radical (unpaired) electrons. The van der Waals surface area contributed by atoms with E-state index in [0.717, 1.165) is 56.0 Å². The molecule has 0 unspecified atom stereocenters. The van der Waals surface area contributed by atoms with Crippen LogP contribution in [0.5, 0.6) is 0 Å². The first-order valence-electron chi connectivity index (χ1n) is 27.0. The largest absolute Gasteiger partial charge is 0.367 e. The molecule has 0 amide bonds. The number of aromatic nitrogens is 3. The molecule has 7 aromatic rings. The standard InChI is InChI=1S/C66H78N6/c1-4-7-10-13-46-70(64-28-22-55(23-29-64)16-19-58-34-40-67-41-35-58)52-61-49-62(53-71(47-14-11-8-5-2)65-30-24-56(25-31-65)17-20-59-36-42-68-43-37-59)51-63(50-61)54-72(48-15-12-9-6-3)66-32-26-57(27-33-66)18-21-60-38-44-69-45-39-60/h16-45,49-51H,4-15,46-48,52-54H2,1-3H3/b19-16+,20-17+,21-18+. The monoisotopic (exact) mass is 955 g/mol. The van der Waals surface area contributed by atoms with Crippen LogP contribution >= 0.6 is 0 Å². The molecule has 0 aliphatic heterocycles. The van der Waals surface area contributed by atoms with Crippen LogP contribution < -0.4 is 14.7 Å². The van der Waals surface area contributed by atoms with E-state index in [4.69, 9.17) is 0 Å². The third-order valence-corrected chi connectivity index (χ3v) is 13.4. The molecule has 3 aromatic heterocycles. The molecule has 0 atom stereocenters. The van der Waals surface area contributed by atoms with Gasteiger partial charge in [-0.2, -0.15) is 0 Å². The third-order valence-electron chi connectivity index (χ3n) is 13.4. The molecule has 0 fully saturated rings. The van der Waals surface area contributed by atoms with Crippen LogP contribution in [0.3, 0.4) is 0 Å². The van der Waals surface area contributed by atoms with Crippen LogP contribution in [0, 0.1) is 0 Å². The van der Waals surface area contributed by atoms with Crippen molar-refractivity contribution < 1.29 is 0 Å². The van der Waals surface area contributed by atoms with E-state index in [-0.39, 0.29) is 0 Å². The van der Waals surface area contributed by atoms with Gasteiger partial charge in [-0.1, -0.05) is 170 Å². The van der Waals surface area contributed by atoms with Crippen LogP contribution in [0.15, 0.2) is 165 Å². The van der Waals surface area contributed by atoms with Crippen molar-refractivity contribution in [1.29, 1.82) is 0 Å². The molecule has 0 spiro atoms. The van der Waals surface area contributed by atoms with Gasteiger partial charge in [0.1, 0.15) is 0 Å². The third kappa shape index (κ3) is 18.0. The van der Waals surface area contributed by atoms with Crippen molar-refractivity contribution in [1.82, 2.24) is 15.0 Å². The summed E-state index contributed by atoms with van der Waals surface area (Å²) >= 11 is 0. The second-order valence-corrected chi connectivity index (χ2v) is 19.2. The zero-order valence-corrected chi connectivity index (χ0v) is 43.5. The average Bonchev–Trinajstić information content (AvgIpc) is 3.43. The summed E-state index contributed by atoms with van der Waals surface area (Å²) in [5, 5.41) is 0. The molecule has 4 aromatic carbocycles. The smallest absolute Gasteiger partial charge is 0.0429 e. The summed E-state index contributed by atoms with van der Waals surface area (Å²) in [5.74, 6) is 0. The Labute approximate surface area is 432 Å². The van der Waals surface area contributed by atoms with E-state index in [1.807, 2.05) is 73.6 Å². The van der Waals surface area contributed by atoms with Crippen LogP contribution in [0.25, 0.3) is 36.5 Å². The van der Waals surface area contributed by atoms with Crippen molar-refractivity contribution in [3.05, 3.63) is 215 Å². The van der Waals surface area contributed by atoms with E-state index in [0.29, 0.717) is 0 Å². The van der Waals surface area contributed by atoms with E-state index in [1.54, 1.807) is 0 Å². The Hall–Kier alpha value is -7.05. The minimum Gasteiger partial charge on any atom is -0.367 e. The second kappa shape index (κ2) is 30.0. The van der Waals surface area contributed by atoms with Crippen LogP contribution in [0.4, 0.5) is 17.1 Å². The molecular weight excluding hydrogens is 877 g/mol. The Morgan fingerprint density at radius 1 is 0.292 bits per heavy atom. The minimum atomic E-state index is 0.850. The van der Waals surface area contributed by atoms with Crippen molar-refractivity contribution in [3.8, 4) is 0 Å². The summed E-state index contributed by atoms with van der Waals surface area (Å²) in [6.07, 6.45) is 38.8. The highest BCUT2D eigenvalue weighted by molar-refractivity contribution is 5.72. The number of hydrogen-bond acceptors (Lipinski definition) is 6. The van der Waals surface area contributed by atoms with E-state index < -0.39 is 0 Å². The summed E-state index contributed by atoms with van der Waals surface area (Å²) in [6.45, 7) is 12.5. The van der Waals surface area contributed by atoms with E-state index in [9.17, 15) is 0 Å². The first-order valence-corrected chi connectivity index (χ1v) is 27.0. The summed E-state index contributed by atoms with van der Waals surface area (Å²) in [5.41, 5.74) is 14.9. The van der Waals surface area contributed by atoms with Crippen LogP contribution in [-0.2, 0) is 19.6 Å². The maximum atomic E-state index is 4.19. The van der Waals surface area contributed by atoms with Gasteiger partial charge >= 0.3 is 0 Å². The second-order valence-electron chi connectivity index (χ2n) is 19.2. The molecule has 0 saturated heterocycles. The molecule has 372 valence electrons. The Kier molecular flexibility index (Phi) is 22.0. The van der Waals surface area contributed by atoms with Crippen molar-refractivity contribution in [3.63, 3.8) is 0 Å². The number of pyridine rings is 3. The number of hydrogen-bond donors (Lipinski definition) is 0. The van der Waals surface area contributed by atoms with Gasteiger partial charge in [-0.3, -0.25) is 15.0 Å². The summed E-state index contributed by atoms with van der Waals surface area (Å²) in [6, 6.07) is 47.3. The Bertz CT molecular complexity index is 2350. The molecule has 0 aliphatic carbocycles. The first kappa shape index (κ1) is 52.8. The molecular formula is C66H78N6. The molecule has 72 heavy (non-hydrogen) atoms. The van der Waals surface area contributed by atoms with Crippen molar-refractivity contribution >= 4 is 53.5 Å². The Balaban J connectivity index is 1.21. The number of nitrogens with zero attached hydrogens (tertiary/aromatic N) is 6. The summed E-state index contributed by atoms with van der Waals surface area (Å²) in [7, 11) is 0. The molecule has 0 saturated carbocycles. The topological polar surface area (TPSA) is 48.4 Å². The molecule has 3 heterocycles. The minimum absolute atomic E-state index is 0.850. The van der Waals surface area contributed by atoms with Crippen LogP contribution in [0.2, 0.25) is 0 Å². The highest BCUT2D eigenvalue weighted by Gasteiger charge is 2.16. The highest BCUT2D eigenvalue weighted by Crippen LogP contribution is 2.27. The SMILES string of the molecule is CCCCCCN(Cc1cc(CN(CCCCCC)c2ccc(/C=C/c3ccncc3)cc2)cc(CN(CCCCCC)c2ccc(/C=C/c3ccncc3)cc2)c1)c1ccc(/C=C/c2ccncc2)cc1. The Morgan fingerprint density at radius 3 is 0.764 bits per heavy atom. The average molecular weight is 955 g/mol. The lowest BCUT2D eigenvalue weighted by Crippen LogP contribution is -2.27. The molecule has 0 N–H and O–H groups in total. The lowest BCUT2D eigenvalue weighted by atomic mass is 10.0. The number of benzene rings is 4. The predicted molar refractivity (Wildman–Crippen MR) is 311 cm³/mol. The zero-order valence-electron chi connectivity index (χ0n) is 43.5. The lowest BCUT2D eigenvalue weighted by Gasteiger charge is -2.29. The molecule has 6 heteroatoms. The number of anilines is 3. The van der Waals surface area contributed by atoms with Crippen molar-refractivity contribution in [2.24, 2.45) is 0 Å². The van der Waals surface area contributed by atoms with Gasteiger partial charge in [0.25, 0.3) is 0 Å². The fraction of sp³-hybridized carbons (Fsp3) is 0.318. The zero-order chi connectivity index (χ0) is 49.8. The normalized spacial score (nSPS) is 11.5. The van der Waals surface area contributed by atoms with E-state index >= 15 is 0 Å². The summed E-state index contributed by atoms with van der Waals surface area (Å²) in [4.78, 5) is 20.4. The van der Waals surface area contributed by atoms with Gasteiger partial charge < -0.3 is 14.7 Å². The number of rotatable bonds is 30. The Morgan fingerprint density at radius 2 is 0.528 bits per heavy atom. The fourth-order valence-corrected chi connectivity index (χ4v) is 9.25. The lowest BCUT2D eigenvalue weighted by molar-refractivity contribution is 0.636.